The van der Waals surface area contributed by atoms with Crippen LogP contribution in [-0.4, -0.2) is 24.2 Å². The molecule has 4 nitrogen and oxygen atoms in total. The molecule has 1 saturated carbocycles. The summed E-state index contributed by atoms with van der Waals surface area (Å²) in [6, 6.07) is 6.75. The molecular weight excluding hydrogens is 294 g/mol. The summed E-state index contributed by atoms with van der Waals surface area (Å²) >= 11 is 0. The molecule has 1 atom stereocenters. The zero-order valence-electron chi connectivity index (χ0n) is 13.4. The molecule has 2 rings (SSSR count). The third-order valence-corrected chi connectivity index (χ3v) is 5.87. The van der Waals surface area contributed by atoms with Gasteiger partial charge in [-0.2, -0.15) is 0 Å². The van der Waals surface area contributed by atoms with Gasteiger partial charge in [-0.15, -0.1) is 5.73 Å². The van der Waals surface area contributed by atoms with Crippen LogP contribution in [0.25, 0.3) is 5.20 Å². The van der Waals surface area contributed by atoms with Crippen molar-refractivity contribution in [2.75, 3.05) is 0 Å². The van der Waals surface area contributed by atoms with Crippen molar-refractivity contribution in [3.8, 4) is 0 Å². The Morgan fingerprint density at radius 3 is 2.68 bits per heavy atom. The average molecular weight is 317 g/mol. The van der Waals surface area contributed by atoms with Gasteiger partial charge in [-0.05, 0) is 35.6 Å². The van der Waals surface area contributed by atoms with Crippen LogP contribution < -0.4 is 0 Å². The molecule has 1 aliphatic rings. The number of hydrogen-bond donors (Lipinski definition) is 1. The Hall–Kier alpha value is -1.68. The summed E-state index contributed by atoms with van der Waals surface area (Å²) < 4.78 is 0. The van der Waals surface area contributed by atoms with Gasteiger partial charge in [0.25, 0.3) is 5.69 Å². The van der Waals surface area contributed by atoms with Crippen molar-refractivity contribution in [1.29, 1.82) is 0 Å². The molecule has 1 aromatic rings. The van der Waals surface area contributed by atoms with Gasteiger partial charge in [0.15, 0.2) is 0 Å². The van der Waals surface area contributed by atoms with Crippen LogP contribution in [0.1, 0.15) is 31.2 Å². The Morgan fingerprint density at radius 1 is 1.36 bits per heavy atom. The molecule has 1 aliphatic carbocycles. The van der Waals surface area contributed by atoms with E-state index in [1.807, 2.05) is 6.07 Å². The summed E-state index contributed by atoms with van der Waals surface area (Å²) in [6.45, 7) is 6.60. The van der Waals surface area contributed by atoms with E-state index < -0.39 is 14.2 Å². The maximum atomic E-state index is 11.0. The molecule has 0 aliphatic heterocycles. The third-order valence-electron chi connectivity index (χ3n) is 3.96. The normalized spacial score (nSPS) is 18.7. The van der Waals surface area contributed by atoms with Gasteiger partial charge in [0.2, 0.25) is 0 Å². The van der Waals surface area contributed by atoms with Crippen LogP contribution in [0.2, 0.25) is 19.6 Å². The molecule has 1 aromatic carbocycles. The molecule has 0 heterocycles. The minimum atomic E-state index is -1.75. The molecule has 0 spiro atoms. The maximum Gasteiger partial charge on any atom is 0.270 e. The Morgan fingerprint density at radius 2 is 2.09 bits per heavy atom. The fourth-order valence-electron chi connectivity index (χ4n) is 2.77. The third kappa shape index (κ3) is 3.94. The number of benzene rings is 1. The standard InChI is InChI=1S/C17H23NO3Si/c1-22(2,3)17(12-13-7-4-5-10-16(13)19)14-8-6-9-15(11-14)18(20)21/h6,8-9,11,16,19H,4-5,7,10H2,1-3H3/t12?,16-/m1/s1. The number of nitro benzene ring substituents is 1. The molecule has 118 valence electrons. The molecule has 1 fully saturated rings. The van der Waals surface area contributed by atoms with E-state index in [-0.39, 0.29) is 10.6 Å². The number of nitro groups is 1. The smallest absolute Gasteiger partial charge is 0.270 e. The molecule has 0 aromatic heterocycles. The van der Waals surface area contributed by atoms with Gasteiger partial charge in [-0.3, -0.25) is 10.1 Å². The zero-order valence-corrected chi connectivity index (χ0v) is 14.4. The van der Waals surface area contributed by atoms with Gasteiger partial charge in [0.1, 0.15) is 0 Å². The summed E-state index contributed by atoms with van der Waals surface area (Å²) in [7, 11) is -1.75. The van der Waals surface area contributed by atoms with E-state index in [1.165, 1.54) is 6.07 Å². The average Bonchev–Trinajstić information content (AvgIpc) is 2.45. The maximum absolute atomic E-state index is 11.0. The first-order valence-corrected chi connectivity index (χ1v) is 11.2. The van der Waals surface area contributed by atoms with E-state index in [0.29, 0.717) is 0 Å². The highest BCUT2D eigenvalue weighted by atomic mass is 28.3. The van der Waals surface area contributed by atoms with Gasteiger partial charge in [0.05, 0.1) is 19.1 Å². The van der Waals surface area contributed by atoms with Gasteiger partial charge >= 0.3 is 0 Å². The first kappa shape index (κ1) is 16.7. The van der Waals surface area contributed by atoms with Crippen molar-refractivity contribution in [3.05, 3.63) is 51.2 Å². The van der Waals surface area contributed by atoms with Crippen LogP contribution in [0.4, 0.5) is 5.69 Å². The lowest BCUT2D eigenvalue weighted by Crippen LogP contribution is -2.23. The first-order chi connectivity index (χ1) is 10.3. The quantitative estimate of drug-likeness (QED) is 0.391. The SMILES string of the molecule is C[Si](C)(C)C(=C=C1CCCC[C@H]1O)c1cccc([N+](=O)[O-])c1. The summed E-state index contributed by atoms with van der Waals surface area (Å²) in [6.07, 6.45) is 3.36. The van der Waals surface area contributed by atoms with Crippen LogP contribution in [0.3, 0.4) is 0 Å². The topological polar surface area (TPSA) is 63.4 Å². The molecule has 22 heavy (non-hydrogen) atoms. The highest BCUT2D eigenvalue weighted by molar-refractivity contribution is 6.93. The van der Waals surface area contributed by atoms with Crippen molar-refractivity contribution in [1.82, 2.24) is 0 Å². The monoisotopic (exact) mass is 317 g/mol. The minimum Gasteiger partial charge on any atom is -0.388 e. The number of aliphatic hydroxyl groups excluding tert-OH is 1. The van der Waals surface area contributed by atoms with Crippen LogP contribution in [0.5, 0.6) is 0 Å². The molecule has 0 amide bonds. The molecule has 0 saturated heterocycles. The van der Waals surface area contributed by atoms with E-state index in [4.69, 9.17) is 0 Å². The zero-order chi connectivity index (χ0) is 16.3. The fraction of sp³-hybridized carbons (Fsp3) is 0.471. The predicted molar refractivity (Wildman–Crippen MR) is 91.4 cm³/mol. The number of non-ortho nitro benzene ring substituents is 1. The number of aliphatic hydroxyl groups is 1. The van der Waals surface area contributed by atoms with Crippen LogP contribution >= 0.6 is 0 Å². The highest BCUT2D eigenvalue weighted by Crippen LogP contribution is 2.30. The lowest BCUT2D eigenvalue weighted by molar-refractivity contribution is -0.384. The summed E-state index contributed by atoms with van der Waals surface area (Å²) in [5, 5.41) is 22.2. The van der Waals surface area contributed by atoms with Gasteiger partial charge in [-0.1, -0.05) is 38.2 Å². The summed E-state index contributed by atoms with van der Waals surface area (Å²) in [4.78, 5) is 10.6. The Kier molecular flexibility index (Phi) is 5.01. The van der Waals surface area contributed by atoms with E-state index in [9.17, 15) is 15.2 Å². The fourth-order valence-corrected chi connectivity index (χ4v) is 4.33. The number of nitrogens with zero attached hydrogens (tertiary/aromatic N) is 1. The van der Waals surface area contributed by atoms with E-state index in [2.05, 4.69) is 25.4 Å². The molecule has 0 radical (unpaired) electrons. The summed E-state index contributed by atoms with van der Waals surface area (Å²) in [5.41, 5.74) is 5.37. The van der Waals surface area contributed by atoms with Crippen molar-refractivity contribution in [2.45, 2.75) is 51.4 Å². The second-order valence-corrected chi connectivity index (χ2v) is 11.8. The second kappa shape index (κ2) is 6.61. The molecule has 0 unspecified atom stereocenters. The highest BCUT2D eigenvalue weighted by Gasteiger charge is 2.24. The second-order valence-electron chi connectivity index (χ2n) is 6.84. The van der Waals surface area contributed by atoms with Crippen LogP contribution in [0, 0.1) is 10.1 Å². The molecule has 5 heteroatoms. The Balaban J connectivity index is 2.59. The predicted octanol–water partition coefficient (Wildman–Crippen LogP) is 4.32. The molecule has 0 bridgehead atoms. The van der Waals surface area contributed by atoms with Crippen molar-refractivity contribution >= 4 is 19.0 Å². The van der Waals surface area contributed by atoms with Gasteiger partial charge in [-0.25, -0.2) is 0 Å². The lowest BCUT2D eigenvalue weighted by Gasteiger charge is -2.22. The molecule has 1 N–H and O–H groups in total. The lowest BCUT2D eigenvalue weighted by atomic mass is 9.92. The largest absolute Gasteiger partial charge is 0.388 e. The minimum absolute atomic E-state index is 0.101. The first-order valence-electron chi connectivity index (χ1n) is 7.72. The number of rotatable bonds is 3. The Bertz CT molecular complexity index is 640. The van der Waals surface area contributed by atoms with E-state index >= 15 is 0 Å². The Labute approximate surface area is 132 Å². The van der Waals surface area contributed by atoms with Crippen molar-refractivity contribution < 1.29 is 10.0 Å². The van der Waals surface area contributed by atoms with E-state index in [1.54, 1.807) is 12.1 Å². The van der Waals surface area contributed by atoms with Crippen molar-refractivity contribution in [2.24, 2.45) is 0 Å². The summed E-state index contributed by atoms with van der Waals surface area (Å²) in [5.74, 6) is 0. The van der Waals surface area contributed by atoms with Crippen LogP contribution in [0.15, 0.2) is 35.6 Å². The molecular formula is C17H23NO3Si. The van der Waals surface area contributed by atoms with Crippen LogP contribution in [-0.2, 0) is 0 Å². The van der Waals surface area contributed by atoms with Gasteiger partial charge in [0, 0.05) is 12.1 Å². The number of hydrogen-bond acceptors (Lipinski definition) is 3. The van der Waals surface area contributed by atoms with E-state index in [0.717, 1.165) is 42.0 Å². The van der Waals surface area contributed by atoms with Gasteiger partial charge < -0.3 is 5.11 Å². The van der Waals surface area contributed by atoms with Crippen molar-refractivity contribution in [3.63, 3.8) is 0 Å².